The van der Waals surface area contributed by atoms with Crippen LogP contribution < -0.4 is 11.1 Å². The summed E-state index contributed by atoms with van der Waals surface area (Å²) in [6.07, 6.45) is 5.56. The molecule has 1 amide bonds. The zero-order chi connectivity index (χ0) is 14.2. The van der Waals surface area contributed by atoms with Gasteiger partial charge in [-0.3, -0.25) is 9.78 Å². The Kier molecular flexibility index (Phi) is 5.12. The van der Waals surface area contributed by atoms with Gasteiger partial charge in [-0.2, -0.15) is 0 Å². The standard InChI is InChI=1S/C16H19N3O/c17-15-5-1-3-13(11-15)6-7-16(20)19-10-8-14-4-2-9-18-12-14/h1-5,9,11-12H,6-8,10,17H2,(H,19,20). The molecule has 1 heterocycles. The van der Waals surface area contributed by atoms with E-state index in [1.54, 1.807) is 6.20 Å². The Bertz CT molecular complexity index is 555. The third-order valence-electron chi connectivity index (χ3n) is 3.05. The normalized spacial score (nSPS) is 10.2. The number of hydrogen-bond donors (Lipinski definition) is 2. The molecule has 2 aromatic rings. The van der Waals surface area contributed by atoms with Crippen LogP contribution in [0.3, 0.4) is 0 Å². The quantitative estimate of drug-likeness (QED) is 0.788. The van der Waals surface area contributed by atoms with E-state index in [-0.39, 0.29) is 5.91 Å². The molecular formula is C16H19N3O. The first-order chi connectivity index (χ1) is 9.74. The van der Waals surface area contributed by atoms with Crippen LogP contribution in [0.25, 0.3) is 0 Å². The van der Waals surface area contributed by atoms with Gasteiger partial charge in [0, 0.05) is 31.0 Å². The smallest absolute Gasteiger partial charge is 0.220 e. The van der Waals surface area contributed by atoms with Crippen LogP contribution in [0.2, 0.25) is 0 Å². The molecule has 4 nitrogen and oxygen atoms in total. The van der Waals surface area contributed by atoms with Gasteiger partial charge in [-0.1, -0.05) is 18.2 Å². The van der Waals surface area contributed by atoms with Gasteiger partial charge >= 0.3 is 0 Å². The molecule has 3 N–H and O–H groups in total. The number of amides is 1. The van der Waals surface area contributed by atoms with Gasteiger partial charge in [0.25, 0.3) is 0 Å². The average Bonchev–Trinajstić information content (AvgIpc) is 2.46. The van der Waals surface area contributed by atoms with Crippen molar-refractivity contribution < 1.29 is 4.79 Å². The van der Waals surface area contributed by atoms with Crippen LogP contribution in [-0.4, -0.2) is 17.4 Å². The summed E-state index contributed by atoms with van der Waals surface area (Å²) in [6, 6.07) is 11.5. The van der Waals surface area contributed by atoms with Crippen LogP contribution in [0, 0.1) is 0 Å². The molecule has 0 aliphatic heterocycles. The molecule has 0 unspecified atom stereocenters. The Morgan fingerprint density at radius 2 is 2.00 bits per heavy atom. The highest BCUT2D eigenvalue weighted by Crippen LogP contribution is 2.08. The highest BCUT2D eigenvalue weighted by Gasteiger charge is 2.02. The molecule has 0 fully saturated rings. The predicted molar refractivity (Wildman–Crippen MR) is 80.1 cm³/mol. The molecule has 0 radical (unpaired) electrons. The number of rotatable bonds is 6. The molecule has 0 saturated carbocycles. The molecule has 0 aliphatic rings. The maximum absolute atomic E-state index is 11.7. The van der Waals surface area contributed by atoms with Crippen molar-refractivity contribution in [2.24, 2.45) is 0 Å². The first-order valence-electron chi connectivity index (χ1n) is 6.74. The number of nitrogens with two attached hydrogens (primary N) is 1. The van der Waals surface area contributed by atoms with Gasteiger partial charge in [0.05, 0.1) is 0 Å². The average molecular weight is 269 g/mol. The molecule has 0 spiro atoms. The summed E-state index contributed by atoms with van der Waals surface area (Å²) in [4.78, 5) is 15.8. The van der Waals surface area contributed by atoms with Crippen LogP contribution in [0.4, 0.5) is 5.69 Å². The fourth-order valence-electron chi connectivity index (χ4n) is 1.99. The van der Waals surface area contributed by atoms with E-state index in [4.69, 9.17) is 5.73 Å². The third kappa shape index (κ3) is 4.72. The molecular weight excluding hydrogens is 250 g/mol. The van der Waals surface area contributed by atoms with Crippen LogP contribution in [-0.2, 0) is 17.6 Å². The van der Waals surface area contributed by atoms with Crippen molar-refractivity contribution in [3.63, 3.8) is 0 Å². The van der Waals surface area contributed by atoms with Gasteiger partial charge in [-0.25, -0.2) is 0 Å². The van der Waals surface area contributed by atoms with Gasteiger partial charge in [0.15, 0.2) is 0 Å². The largest absolute Gasteiger partial charge is 0.399 e. The van der Waals surface area contributed by atoms with Gasteiger partial charge in [-0.15, -0.1) is 0 Å². The van der Waals surface area contributed by atoms with E-state index in [1.165, 1.54) is 0 Å². The first-order valence-corrected chi connectivity index (χ1v) is 6.74. The molecule has 20 heavy (non-hydrogen) atoms. The maximum Gasteiger partial charge on any atom is 0.220 e. The predicted octanol–water partition coefficient (Wildman–Crippen LogP) is 1.96. The molecule has 104 valence electrons. The van der Waals surface area contributed by atoms with E-state index in [2.05, 4.69) is 10.3 Å². The van der Waals surface area contributed by atoms with Crippen molar-refractivity contribution in [1.82, 2.24) is 10.3 Å². The van der Waals surface area contributed by atoms with E-state index in [0.29, 0.717) is 19.4 Å². The van der Waals surface area contributed by atoms with Crippen molar-refractivity contribution in [1.29, 1.82) is 0 Å². The van der Waals surface area contributed by atoms with Crippen molar-refractivity contribution >= 4 is 11.6 Å². The highest BCUT2D eigenvalue weighted by atomic mass is 16.1. The highest BCUT2D eigenvalue weighted by molar-refractivity contribution is 5.76. The van der Waals surface area contributed by atoms with Crippen molar-refractivity contribution in [3.8, 4) is 0 Å². The number of carbonyl (C=O) groups is 1. The summed E-state index contributed by atoms with van der Waals surface area (Å²) in [6.45, 7) is 0.640. The Hall–Kier alpha value is -2.36. The van der Waals surface area contributed by atoms with Crippen LogP contribution >= 0.6 is 0 Å². The lowest BCUT2D eigenvalue weighted by molar-refractivity contribution is -0.121. The Morgan fingerprint density at radius 3 is 2.75 bits per heavy atom. The van der Waals surface area contributed by atoms with Crippen molar-refractivity contribution in [3.05, 3.63) is 59.9 Å². The molecule has 0 aliphatic carbocycles. The number of carbonyl (C=O) groups excluding carboxylic acids is 1. The second-order valence-corrected chi connectivity index (χ2v) is 4.71. The molecule has 4 heteroatoms. The molecule has 1 aromatic heterocycles. The minimum absolute atomic E-state index is 0.0660. The monoisotopic (exact) mass is 269 g/mol. The molecule has 1 aromatic carbocycles. The number of hydrogen-bond acceptors (Lipinski definition) is 3. The number of nitrogens with zero attached hydrogens (tertiary/aromatic N) is 1. The number of nitrogen functional groups attached to an aromatic ring is 1. The van der Waals surface area contributed by atoms with Gasteiger partial charge in [0.2, 0.25) is 5.91 Å². The second-order valence-electron chi connectivity index (χ2n) is 4.71. The zero-order valence-electron chi connectivity index (χ0n) is 11.4. The van der Waals surface area contributed by atoms with E-state index >= 15 is 0 Å². The molecule has 2 rings (SSSR count). The summed E-state index contributed by atoms with van der Waals surface area (Å²) in [5, 5.41) is 2.92. The number of aryl methyl sites for hydroxylation is 1. The van der Waals surface area contributed by atoms with E-state index in [9.17, 15) is 4.79 Å². The topological polar surface area (TPSA) is 68.0 Å². The van der Waals surface area contributed by atoms with E-state index in [1.807, 2.05) is 42.6 Å². The minimum atomic E-state index is 0.0660. The lowest BCUT2D eigenvalue weighted by atomic mass is 10.1. The Balaban J connectivity index is 1.68. The molecule has 0 atom stereocenters. The van der Waals surface area contributed by atoms with Crippen LogP contribution in [0.5, 0.6) is 0 Å². The van der Waals surface area contributed by atoms with Crippen molar-refractivity contribution in [2.75, 3.05) is 12.3 Å². The van der Waals surface area contributed by atoms with Gasteiger partial charge in [-0.05, 0) is 42.2 Å². The maximum atomic E-state index is 11.7. The van der Waals surface area contributed by atoms with Crippen LogP contribution in [0.1, 0.15) is 17.5 Å². The fraction of sp³-hybridized carbons (Fsp3) is 0.250. The summed E-state index contributed by atoms with van der Waals surface area (Å²) in [5.74, 6) is 0.0660. The number of anilines is 1. The fourth-order valence-corrected chi connectivity index (χ4v) is 1.99. The zero-order valence-corrected chi connectivity index (χ0v) is 11.4. The number of aromatic nitrogens is 1. The second kappa shape index (κ2) is 7.28. The van der Waals surface area contributed by atoms with E-state index in [0.717, 1.165) is 23.2 Å². The van der Waals surface area contributed by atoms with Crippen molar-refractivity contribution in [2.45, 2.75) is 19.3 Å². The summed E-state index contributed by atoms with van der Waals surface area (Å²) in [7, 11) is 0. The number of pyridine rings is 1. The van der Waals surface area contributed by atoms with E-state index < -0.39 is 0 Å². The first kappa shape index (κ1) is 14.1. The molecule has 0 bridgehead atoms. The Morgan fingerprint density at radius 1 is 1.15 bits per heavy atom. The Labute approximate surface area is 119 Å². The lowest BCUT2D eigenvalue weighted by Crippen LogP contribution is -2.25. The van der Waals surface area contributed by atoms with Gasteiger partial charge in [0.1, 0.15) is 0 Å². The summed E-state index contributed by atoms with van der Waals surface area (Å²) < 4.78 is 0. The SMILES string of the molecule is Nc1cccc(CCC(=O)NCCc2cccnc2)c1. The van der Waals surface area contributed by atoms with Gasteiger partial charge < -0.3 is 11.1 Å². The van der Waals surface area contributed by atoms with Crippen LogP contribution in [0.15, 0.2) is 48.8 Å². The lowest BCUT2D eigenvalue weighted by Gasteiger charge is -2.06. The number of benzene rings is 1. The number of nitrogens with one attached hydrogen (secondary N) is 1. The summed E-state index contributed by atoms with van der Waals surface area (Å²) in [5.41, 5.74) is 8.66. The minimum Gasteiger partial charge on any atom is -0.399 e. The molecule has 0 saturated heterocycles. The third-order valence-corrected chi connectivity index (χ3v) is 3.05. The summed E-state index contributed by atoms with van der Waals surface area (Å²) >= 11 is 0.